The molecule has 0 radical (unpaired) electrons. The highest BCUT2D eigenvalue weighted by Crippen LogP contribution is 2.26. The van der Waals surface area contributed by atoms with Crippen LogP contribution in [0.4, 0.5) is 0 Å². The normalized spacial score (nSPS) is 11.4. The average Bonchev–Trinajstić information content (AvgIpc) is 3.12. The van der Waals surface area contributed by atoms with Gasteiger partial charge in [-0.15, -0.1) is 0 Å². The van der Waals surface area contributed by atoms with E-state index in [0.29, 0.717) is 5.65 Å². The van der Waals surface area contributed by atoms with Crippen molar-refractivity contribution in [3.05, 3.63) is 48.5 Å². The fourth-order valence-electron chi connectivity index (χ4n) is 3.34. The molecule has 0 aliphatic heterocycles. The molecule has 150 valence electrons. The second kappa shape index (κ2) is 9.01. The van der Waals surface area contributed by atoms with E-state index >= 15 is 0 Å². The topological polar surface area (TPSA) is 62.1 Å². The van der Waals surface area contributed by atoms with E-state index in [1.54, 1.807) is 7.11 Å². The lowest BCUT2D eigenvalue weighted by molar-refractivity contribution is 0.126. The lowest BCUT2D eigenvalue weighted by Gasteiger charge is -2.10. The Morgan fingerprint density at radius 1 is 0.862 bits per heavy atom. The number of methoxy groups -OCH3 is 1. The Bertz CT molecular complexity index is 1090. The number of hydrogen-bond donors (Lipinski definition) is 0. The molecule has 4 rings (SSSR count). The Morgan fingerprint density at radius 2 is 1.59 bits per heavy atom. The number of para-hydroxylation sites is 2. The minimum absolute atomic E-state index is 0.668. The van der Waals surface area contributed by atoms with Gasteiger partial charge in [0.25, 0.3) is 0 Å². The van der Waals surface area contributed by atoms with Crippen LogP contribution in [0.3, 0.4) is 0 Å². The molecule has 0 bridgehead atoms. The van der Waals surface area contributed by atoms with Crippen LogP contribution in [0.25, 0.3) is 33.7 Å². The molecule has 0 N–H and O–H groups in total. The van der Waals surface area contributed by atoms with Crippen molar-refractivity contribution in [2.24, 2.45) is 0 Å². The Balaban J connectivity index is 1.70. The van der Waals surface area contributed by atoms with Gasteiger partial charge in [0.2, 0.25) is 0 Å². The number of fused-ring (bicyclic) bond motifs is 2. The van der Waals surface area contributed by atoms with Gasteiger partial charge >= 0.3 is 0 Å². The molecule has 0 aliphatic rings. The second-order valence-corrected chi connectivity index (χ2v) is 6.99. The molecule has 0 saturated carbocycles. The van der Waals surface area contributed by atoms with E-state index in [4.69, 9.17) is 24.4 Å². The van der Waals surface area contributed by atoms with Crippen molar-refractivity contribution in [1.82, 2.24) is 19.5 Å². The third-order valence-electron chi connectivity index (χ3n) is 4.92. The van der Waals surface area contributed by atoms with Gasteiger partial charge in [0.1, 0.15) is 11.6 Å². The van der Waals surface area contributed by atoms with Crippen LogP contribution in [-0.2, 0) is 11.3 Å². The molecule has 0 atom stereocenters. The van der Waals surface area contributed by atoms with Crippen molar-refractivity contribution in [1.29, 1.82) is 0 Å². The summed E-state index contributed by atoms with van der Waals surface area (Å²) >= 11 is 0. The number of rotatable bonds is 9. The van der Waals surface area contributed by atoms with Gasteiger partial charge in [-0.3, -0.25) is 0 Å². The summed E-state index contributed by atoms with van der Waals surface area (Å²) in [5, 5.41) is 0. The van der Waals surface area contributed by atoms with Crippen LogP contribution in [-0.4, -0.2) is 39.8 Å². The summed E-state index contributed by atoms with van der Waals surface area (Å²) < 4.78 is 13.2. The van der Waals surface area contributed by atoms with Gasteiger partial charge in [-0.05, 0) is 49.2 Å². The number of imidazole rings is 1. The van der Waals surface area contributed by atoms with Crippen LogP contribution in [0, 0.1) is 0 Å². The maximum Gasteiger partial charge on any atom is 0.198 e. The quantitative estimate of drug-likeness (QED) is 0.382. The van der Waals surface area contributed by atoms with E-state index in [9.17, 15) is 0 Å². The molecular weight excluding hydrogens is 364 g/mol. The first-order valence-electron chi connectivity index (χ1n) is 10.2. The van der Waals surface area contributed by atoms with Gasteiger partial charge in [-0.2, -0.15) is 0 Å². The van der Waals surface area contributed by atoms with E-state index in [1.165, 1.54) is 0 Å². The number of benzene rings is 2. The van der Waals surface area contributed by atoms with Gasteiger partial charge in [0.05, 0.1) is 18.1 Å². The number of aryl methyl sites for hydroxylation is 1. The smallest absolute Gasteiger partial charge is 0.198 e. The molecule has 2 heterocycles. The van der Waals surface area contributed by atoms with Crippen LogP contribution >= 0.6 is 0 Å². The lowest BCUT2D eigenvalue weighted by atomic mass is 10.2. The van der Waals surface area contributed by atoms with E-state index in [-0.39, 0.29) is 0 Å². The fourth-order valence-corrected chi connectivity index (χ4v) is 3.34. The van der Waals surface area contributed by atoms with Crippen LogP contribution in [0.15, 0.2) is 48.5 Å². The molecule has 29 heavy (non-hydrogen) atoms. The Morgan fingerprint density at radius 3 is 2.31 bits per heavy atom. The molecule has 6 nitrogen and oxygen atoms in total. The standard InChI is InChI=1S/C23H26N4O2/c1-3-4-15-29-16-7-14-27-22(17-10-12-18(28-2)13-11-17)26-21-23(27)25-20-9-6-5-8-19(20)24-21/h5-6,8-13H,3-4,7,14-16H2,1-2H3. The minimum Gasteiger partial charge on any atom is -0.497 e. The summed E-state index contributed by atoms with van der Waals surface area (Å²) in [6, 6.07) is 15.8. The summed E-state index contributed by atoms with van der Waals surface area (Å²) in [5.41, 5.74) is 4.22. The molecule has 2 aromatic heterocycles. The molecule has 0 unspecified atom stereocenters. The molecule has 4 aromatic rings. The average molecular weight is 390 g/mol. The lowest BCUT2D eigenvalue weighted by Crippen LogP contribution is -2.06. The summed E-state index contributed by atoms with van der Waals surface area (Å²) in [6.45, 7) is 4.49. The highest BCUT2D eigenvalue weighted by atomic mass is 16.5. The highest BCUT2D eigenvalue weighted by Gasteiger charge is 2.16. The van der Waals surface area contributed by atoms with Gasteiger partial charge in [0, 0.05) is 25.3 Å². The monoisotopic (exact) mass is 390 g/mol. The summed E-state index contributed by atoms with van der Waals surface area (Å²) in [5.74, 6) is 1.69. The Labute approximate surface area is 170 Å². The van der Waals surface area contributed by atoms with Crippen LogP contribution in [0.1, 0.15) is 26.2 Å². The number of unbranched alkanes of at least 4 members (excludes halogenated alkanes) is 1. The van der Waals surface area contributed by atoms with Gasteiger partial charge in [0.15, 0.2) is 11.3 Å². The van der Waals surface area contributed by atoms with E-state index in [0.717, 1.165) is 72.8 Å². The summed E-state index contributed by atoms with van der Waals surface area (Å²) in [7, 11) is 1.67. The zero-order chi connectivity index (χ0) is 20.1. The maximum atomic E-state index is 5.74. The predicted octanol–water partition coefficient (Wildman–Crippen LogP) is 4.86. The third kappa shape index (κ3) is 4.22. The molecule has 0 amide bonds. The van der Waals surface area contributed by atoms with Crippen molar-refractivity contribution >= 4 is 22.3 Å². The fraction of sp³-hybridized carbons (Fsp3) is 0.348. The first-order valence-corrected chi connectivity index (χ1v) is 10.2. The molecule has 0 saturated heterocycles. The largest absolute Gasteiger partial charge is 0.497 e. The molecule has 6 heteroatoms. The second-order valence-electron chi connectivity index (χ2n) is 6.99. The predicted molar refractivity (Wildman–Crippen MR) is 115 cm³/mol. The van der Waals surface area contributed by atoms with Crippen molar-refractivity contribution in [3.63, 3.8) is 0 Å². The number of hydrogen-bond acceptors (Lipinski definition) is 5. The summed E-state index contributed by atoms with van der Waals surface area (Å²) in [6.07, 6.45) is 3.14. The van der Waals surface area contributed by atoms with Crippen LogP contribution in [0.2, 0.25) is 0 Å². The van der Waals surface area contributed by atoms with Gasteiger partial charge < -0.3 is 14.0 Å². The first-order chi connectivity index (χ1) is 14.3. The first kappa shape index (κ1) is 19.3. The maximum absolute atomic E-state index is 5.74. The zero-order valence-corrected chi connectivity index (χ0v) is 17.0. The number of nitrogens with zero attached hydrogens (tertiary/aromatic N) is 4. The minimum atomic E-state index is 0.668. The van der Waals surface area contributed by atoms with Gasteiger partial charge in [-0.25, -0.2) is 15.0 Å². The van der Waals surface area contributed by atoms with Crippen LogP contribution in [0.5, 0.6) is 5.75 Å². The van der Waals surface area contributed by atoms with Crippen molar-refractivity contribution in [3.8, 4) is 17.1 Å². The number of ether oxygens (including phenoxy) is 2. The van der Waals surface area contributed by atoms with Crippen molar-refractivity contribution < 1.29 is 9.47 Å². The summed E-state index contributed by atoms with van der Waals surface area (Å²) in [4.78, 5) is 14.4. The molecule has 0 spiro atoms. The molecular formula is C23H26N4O2. The number of aromatic nitrogens is 4. The van der Waals surface area contributed by atoms with Crippen molar-refractivity contribution in [2.45, 2.75) is 32.7 Å². The zero-order valence-electron chi connectivity index (χ0n) is 17.0. The Kier molecular flexibility index (Phi) is 6.00. The van der Waals surface area contributed by atoms with Crippen molar-refractivity contribution in [2.75, 3.05) is 20.3 Å². The highest BCUT2D eigenvalue weighted by molar-refractivity contribution is 5.84. The van der Waals surface area contributed by atoms with Crippen LogP contribution < -0.4 is 4.74 Å². The van der Waals surface area contributed by atoms with E-state index in [2.05, 4.69) is 11.5 Å². The SMILES string of the molecule is CCCCOCCCn1c(-c2ccc(OC)cc2)nc2nc3ccccc3nc21. The molecule has 2 aromatic carbocycles. The van der Waals surface area contributed by atoms with E-state index < -0.39 is 0 Å². The van der Waals surface area contributed by atoms with Gasteiger partial charge in [-0.1, -0.05) is 25.5 Å². The molecule has 0 aliphatic carbocycles. The Hall–Kier alpha value is -2.99. The third-order valence-corrected chi connectivity index (χ3v) is 4.92. The molecule has 0 fully saturated rings. The van der Waals surface area contributed by atoms with E-state index in [1.807, 2.05) is 48.5 Å².